The van der Waals surface area contributed by atoms with Gasteiger partial charge < -0.3 is 10.0 Å². The second-order valence-electron chi connectivity index (χ2n) is 7.56. The van der Waals surface area contributed by atoms with Gasteiger partial charge in [-0.3, -0.25) is 9.59 Å². The van der Waals surface area contributed by atoms with Gasteiger partial charge in [-0.2, -0.15) is 0 Å². The first-order chi connectivity index (χ1) is 15.5. The van der Waals surface area contributed by atoms with Gasteiger partial charge in [-0.1, -0.05) is 90.5 Å². The lowest BCUT2D eigenvalue weighted by Gasteiger charge is -2.27. The third-order valence-corrected chi connectivity index (χ3v) is 5.68. The molecule has 4 nitrogen and oxygen atoms in total. The number of aliphatic hydroxyl groups is 1. The first kappa shape index (κ1) is 21.6. The van der Waals surface area contributed by atoms with Gasteiger partial charge in [0.05, 0.1) is 11.6 Å². The van der Waals surface area contributed by atoms with Crippen LogP contribution in [0.3, 0.4) is 0 Å². The van der Waals surface area contributed by atoms with Crippen LogP contribution in [0.2, 0.25) is 5.02 Å². The van der Waals surface area contributed by atoms with Crippen LogP contribution in [0.1, 0.15) is 22.7 Å². The fourth-order valence-corrected chi connectivity index (χ4v) is 4.08. The Labute approximate surface area is 192 Å². The summed E-state index contributed by atoms with van der Waals surface area (Å²) in [5.74, 6) is -1.47. The van der Waals surface area contributed by atoms with E-state index in [1.807, 2.05) is 66.7 Å². The van der Waals surface area contributed by atoms with Gasteiger partial charge in [0.25, 0.3) is 5.91 Å². The first-order valence-corrected chi connectivity index (χ1v) is 10.7. The molecule has 0 radical (unpaired) electrons. The van der Waals surface area contributed by atoms with Gasteiger partial charge in [-0.15, -0.1) is 0 Å². The van der Waals surface area contributed by atoms with E-state index in [9.17, 15) is 14.7 Å². The highest BCUT2D eigenvalue weighted by Gasteiger charge is 2.42. The highest BCUT2D eigenvalue weighted by Crippen LogP contribution is 2.38. The first-order valence-electron chi connectivity index (χ1n) is 10.4. The molecule has 1 N–H and O–H groups in total. The molecule has 1 unspecified atom stereocenters. The van der Waals surface area contributed by atoms with Gasteiger partial charge in [0, 0.05) is 11.6 Å². The SMILES string of the molecule is O=C(/C=C/c1ccccc1)C1=C(O)C(=O)N(CCc2ccccc2)C1c1cccc(Cl)c1. The molecule has 0 spiro atoms. The number of nitrogens with zero attached hydrogens (tertiary/aromatic N) is 1. The van der Waals surface area contributed by atoms with Crippen LogP contribution in [0.15, 0.2) is 102 Å². The highest BCUT2D eigenvalue weighted by atomic mass is 35.5. The van der Waals surface area contributed by atoms with E-state index in [1.165, 1.54) is 11.0 Å². The molecule has 1 amide bonds. The molecule has 32 heavy (non-hydrogen) atoms. The number of halogens is 1. The van der Waals surface area contributed by atoms with Gasteiger partial charge in [0.15, 0.2) is 11.5 Å². The number of hydrogen-bond acceptors (Lipinski definition) is 3. The van der Waals surface area contributed by atoms with Crippen LogP contribution in [-0.2, 0) is 16.0 Å². The van der Waals surface area contributed by atoms with Crippen LogP contribution < -0.4 is 0 Å². The van der Waals surface area contributed by atoms with Crippen molar-refractivity contribution in [2.24, 2.45) is 0 Å². The van der Waals surface area contributed by atoms with Gasteiger partial charge in [-0.25, -0.2) is 0 Å². The van der Waals surface area contributed by atoms with Crippen molar-refractivity contribution in [1.82, 2.24) is 4.90 Å². The molecule has 4 rings (SSSR count). The molecule has 0 bridgehead atoms. The van der Waals surface area contributed by atoms with Crippen molar-refractivity contribution in [1.29, 1.82) is 0 Å². The lowest BCUT2D eigenvalue weighted by Crippen LogP contribution is -2.33. The number of carbonyl (C=O) groups is 2. The summed E-state index contributed by atoms with van der Waals surface area (Å²) in [6.45, 7) is 0.350. The predicted molar refractivity (Wildman–Crippen MR) is 126 cm³/mol. The number of hydrogen-bond donors (Lipinski definition) is 1. The number of rotatable bonds is 7. The molecule has 0 saturated heterocycles. The van der Waals surface area contributed by atoms with Gasteiger partial charge in [-0.05, 0) is 41.3 Å². The van der Waals surface area contributed by atoms with Crippen LogP contribution in [0.25, 0.3) is 6.08 Å². The van der Waals surface area contributed by atoms with Crippen molar-refractivity contribution < 1.29 is 14.7 Å². The largest absolute Gasteiger partial charge is 0.503 e. The van der Waals surface area contributed by atoms with E-state index in [4.69, 9.17) is 11.6 Å². The maximum atomic E-state index is 13.1. The van der Waals surface area contributed by atoms with Crippen molar-refractivity contribution in [2.75, 3.05) is 6.54 Å². The monoisotopic (exact) mass is 443 g/mol. The van der Waals surface area contributed by atoms with E-state index in [1.54, 1.807) is 24.3 Å². The molecule has 5 heteroatoms. The van der Waals surface area contributed by atoms with E-state index in [0.29, 0.717) is 23.6 Å². The number of ketones is 1. The second kappa shape index (κ2) is 9.67. The van der Waals surface area contributed by atoms with E-state index in [0.717, 1.165) is 11.1 Å². The van der Waals surface area contributed by atoms with Crippen LogP contribution in [0.4, 0.5) is 0 Å². The van der Waals surface area contributed by atoms with E-state index in [-0.39, 0.29) is 5.57 Å². The molecular formula is C27H22ClNO3. The Bertz CT molecular complexity index is 1190. The topological polar surface area (TPSA) is 57.6 Å². The molecule has 0 saturated carbocycles. The van der Waals surface area contributed by atoms with Crippen molar-refractivity contribution in [3.8, 4) is 0 Å². The summed E-state index contributed by atoms with van der Waals surface area (Å²) in [7, 11) is 0. The Morgan fingerprint density at radius 2 is 1.66 bits per heavy atom. The van der Waals surface area contributed by atoms with E-state index >= 15 is 0 Å². The quantitative estimate of drug-likeness (QED) is 0.486. The minimum Gasteiger partial charge on any atom is -0.503 e. The number of allylic oxidation sites excluding steroid dienone is 1. The Morgan fingerprint density at radius 3 is 2.34 bits per heavy atom. The molecule has 1 heterocycles. The standard InChI is InChI=1S/C27H22ClNO3/c28-22-13-7-12-21(18-22)25-24(23(30)15-14-19-8-3-1-4-9-19)26(31)27(32)29(25)17-16-20-10-5-2-6-11-20/h1-15,18,25,31H,16-17H2/b15-14+. The fourth-order valence-electron chi connectivity index (χ4n) is 3.88. The molecule has 0 fully saturated rings. The van der Waals surface area contributed by atoms with Gasteiger partial charge >= 0.3 is 0 Å². The number of amides is 1. The van der Waals surface area contributed by atoms with Gasteiger partial charge in [0.1, 0.15) is 0 Å². The molecule has 3 aromatic rings. The smallest absolute Gasteiger partial charge is 0.290 e. The minimum absolute atomic E-state index is 0.0671. The molecular weight excluding hydrogens is 422 g/mol. The molecule has 3 aromatic carbocycles. The molecule has 1 aliphatic rings. The van der Waals surface area contributed by atoms with Gasteiger partial charge in [0.2, 0.25) is 0 Å². The molecule has 1 atom stereocenters. The van der Waals surface area contributed by atoms with Crippen molar-refractivity contribution in [3.05, 3.63) is 124 Å². The van der Waals surface area contributed by atoms with E-state index in [2.05, 4.69) is 0 Å². The Morgan fingerprint density at radius 1 is 0.969 bits per heavy atom. The van der Waals surface area contributed by atoms with Crippen LogP contribution in [-0.4, -0.2) is 28.2 Å². The fraction of sp³-hybridized carbons (Fsp3) is 0.111. The lowest BCUT2D eigenvalue weighted by molar-refractivity contribution is -0.129. The maximum absolute atomic E-state index is 13.1. The Kier molecular flexibility index (Phi) is 6.52. The molecule has 160 valence electrons. The summed E-state index contributed by atoms with van der Waals surface area (Å²) in [5, 5.41) is 11.2. The van der Waals surface area contributed by atoms with Crippen molar-refractivity contribution in [2.45, 2.75) is 12.5 Å². The van der Waals surface area contributed by atoms with Crippen molar-refractivity contribution >= 4 is 29.4 Å². The number of benzene rings is 3. The average Bonchev–Trinajstić information content (AvgIpc) is 3.07. The zero-order chi connectivity index (χ0) is 22.5. The Balaban J connectivity index is 1.67. The molecule has 0 aromatic heterocycles. The summed E-state index contributed by atoms with van der Waals surface area (Å²) >= 11 is 6.20. The number of aliphatic hydroxyl groups excluding tert-OH is 1. The van der Waals surface area contributed by atoms with Crippen molar-refractivity contribution in [3.63, 3.8) is 0 Å². The normalized spacial score (nSPS) is 16.2. The zero-order valence-corrected chi connectivity index (χ0v) is 18.1. The third-order valence-electron chi connectivity index (χ3n) is 5.44. The summed E-state index contributed by atoms with van der Waals surface area (Å²) in [6, 6.07) is 25.5. The average molecular weight is 444 g/mol. The number of carbonyl (C=O) groups excluding carboxylic acids is 2. The maximum Gasteiger partial charge on any atom is 0.290 e. The third kappa shape index (κ3) is 4.66. The molecule has 1 aliphatic heterocycles. The summed E-state index contributed by atoms with van der Waals surface area (Å²) in [6.07, 6.45) is 3.67. The van der Waals surface area contributed by atoms with Crippen LogP contribution in [0, 0.1) is 0 Å². The minimum atomic E-state index is -0.710. The second-order valence-corrected chi connectivity index (χ2v) is 8.00. The molecule has 0 aliphatic carbocycles. The summed E-state index contributed by atoms with van der Waals surface area (Å²) in [4.78, 5) is 27.7. The Hall–Kier alpha value is -3.63. The van der Waals surface area contributed by atoms with Crippen LogP contribution in [0.5, 0.6) is 0 Å². The summed E-state index contributed by atoms with van der Waals surface area (Å²) < 4.78 is 0. The lowest BCUT2D eigenvalue weighted by atomic mass is 9.95. The summed E-state index contributed by atoms with van der Waals surface area (Å²) in [5.41, 5.74) is 2.66. The highest BCUT2D eigenvalue weighted by molar-refractivity contribution is 6.30. The zero-order valence-electron chi connectivity index (χ0n) is 17.3. The predicted octanol–water partition coefficient (Wildman–Crippen LogP) is 5.56. The van der Waals surface area contributed by atoms with Crippen LogP contribution >= 0.6 is 11.6 Å². The van der Waals surface area contributed by atoms with E-state index < -0.39 is 23.5 Å².